The normalized spacial score (nSPS) is 13.6. The number of methoxy groups -OCH3 is 1. The number of carbonyl (C=O) groups excluding carboxylic acids is 1. The lowest BCUT2D eigenvalue weighted by atomic mass is 10.2. The lowest BCUT2D eigenvalue weighted by molar-refractivity contribution is 0.1000. The van der Waals surface area contributed by atoms with E-state index in [4.69, 9.17) is 26.6 Å². The van der Waals surface area contributed by atoms with Crippen molar-refractivity contribution in [1.82, 2.24) is 14.9 Å². The summed E-state index contributed by atoms with van der Waals surface area (Å²) in [5, 5.41) is 0. The number of unbranched alkanes of at least 4 members (excludes halogenated alkanes) is 2. The van der Waals surface area contributed by atoms with E-state index in [1.807, 2.05) is 42.6 Å². The van der Waals surface area contributed by atoms with Gasteiger partial charge in [-0.05, 0) is 61.3 Å². The number of piperazine rings is 1. The van der Waals surface area contributed by atoms with E-state index >= 15 is 0 Å². The summed E-state index contributed by atoms with van der Waals surface area (Å²) in [7, 11) is 1.64. The summed E-state index contributed by atoms with van der Waals surface area (Å²) in [5.74, 6) is 4.20. The fourth-order valence-electron chi connectivity index (χ4n) is 4.13. The number of carbonyl (C=O) groups is 1. The highest BCUT2D eigenvalue weighted by Gasteiger charge is 2.21. The zero-order valence-corrected chi connectivity index (χ0v) is 22.5. The van der Waals surface area contributed by atoms with Crippen LogP contribution in [-0.4, -0.2) is 60.6 Å². The van der Waals surface area contributed by atoms with Crippen molar-refractivity contribution in [3.8, 4) is 24.0 Å². The highest BCUT2D eigenvalue weighted by Crippen LogP contribution is 2.35. The van der Waals surface area contributed by atoms with Gasteiger partial charge in [0.1, 0.15) is 12.4 Å². The van der Waals surface area contributed by atoms with Crippen LogP contribution in [0.2, 0.25) is 0 Å². The fourth-order valence-corrected chi connectivity index (χ4v) is 4.96. The van der Waals surface area contributed by atoms with Crippen LogP contribution in [-0.2, 0) is 6.61 Å². The summed E-state index contributed by atoms with van der Waals surface area (Å²) < 4.78 is 11.6. The lowest BCUT2D eigenvalue weighted by Gasteiger charge is -2.34. The Hall–Kier alpha value is -3.74. The van der Waals surface area contributed by atoms with Gasteiger partial charge in [0, 0.05) is 43.1 Å². The Bertz CT molecular complexity index is 1250. The SMILES string of the molecule is C#CCCCCN1CCN(c2ncc(Sc3ccc(C(N)=O)cc3)c(OCc3cccc(OC)c3)n2)CC1. The van der Waals surface area contributed by atoms with E-state index in [0.29, 0.717) is 24.0 Å². The van der Waals surface area contributed by atoms with Crippen LogP contribution < -0.4 is 20.1 Å². The molecule has 0 atom stereocenters. The van der Waals surface area contributed by atoms with Gasteiger partial charge in [-0.1, -0.05) is 23.9 Å². The first-order valence-electron chi connectivity index (χ1n) is 12.7. The second-order valence-electron chi connectivity index (χ2n) is 8.96. The minimum atomic E-state index is -0.454. The molecule has 0 saturated carbocycles. The lowest BCUT2D eigenvalue weighted by Crippen LogP contribution is -2.47. The van der Waals surface area contributed by atoms with E-state index in [1.165, 1.54) is 11.8 Å². The van der Waals surface area contributed by atoms with Crippen LogP contribution in [0.25, 0.3) is 0 Å². The van der Waals surface area contributed by atoms with E-state index < -0.39 is 5.91 Å². The van der Waals surface area contributed by atoms with E-state index in [0.717, 1.165) is 73.1 Å². The van der Waals surface area contributed by atoms with Crippen LogP contribution in [0.15, 0.2) is 64.5 Å². The van der Waals surface area contributed by atoms with Crippen LogP contribution in [0.1, 0.15) is 35.2 Å². The Labute approximate surface area is 228 Å². The number of anilines is 1. The molecule has 9 heteroatoms. The van der Waals surface area contributed by atoms with Gasteiger partial charge in [0.2, 0.25) is 17.7 Å². The highest BCUT2D eigenvalue weighted by atomic mass is 32.2. The summed E-state index contributed by atoms with van der Waals surface area (Å²) in [6.45, 7) is 5.03. The van der Waals surface area contributed by atoms with Gasteiger partial charge in [-0.15, -0.1) is 12.3 Å². The Morgan fingerprint density at radius 2 is 1.92 bits per heavy atom. The maximum atomic E-state index is 11.4. The molecular weight excluding hydrogens is 498 g/mol. The minimum absolute atomic E-state index is 0.341. The van der Waals surface area contributed by atoms with E-state index in [2.05, 4.69) is 20.7 Å². The van der Waals surface area contributed by atoms with E-state index in [-0.39, 0.29) is 0 Å². The molecule has 1 aliphatic heterocycles. The molecule has 8 nitrogen and oxygen atoms in total. The predicted molar refractivity (Wildman–Crippen MR) is 150 cm³/mol. The number of aromatic nitrogens is 2. The topological polar surface area (TPSA) is 93.8 Å². The van der Waals surface area contributed by atoms with Crippen molar-refractivity contribution in [3.63, 3.8) is 0 Å². The van der Waals surface area contributed by atoms with Crippen molar-refractivity contribution < 1.29 is 14.3 Å². The van der Waals surface area contributed by atoms with Gasteiger partial charge in [0.25, 0.3) is 0 Å². The molecule has 1 aliphatic rings. The van der Waals surface area contributed by atoms with Crippen molar-refractivity contribution in [2.45, 2.75) is 35.7 Å². The third-order valence-corrected chi connectivity index (χ3v) is 7.29. The van der Waals surface area contributed by atoms with Crippen LogP contribution >= 0.6 is 11.8 Å². The average Bonchev–Trinajstić information content (AvgIpc) is 2.95. The molecule has 1 aromatic heterocycles. The molecule has 198 valence electrons. The quantitative estimate of drug-likeness (QED) is 0.274. The summed E-state index contributed by atoms with van der Waals surface area (Å²) in [6, 6.07) is 14.9. The average molecular weight is 532 g/mol. The van der Waals surface area contributed by atoms with Crippen molar-refractivity contribution in [2.75, 3.05) is 44.7 Å². The Kier molecular flexibility index (Phi) is 9.84. The number of rotatable bonds is 12. The van der Waals surface area contributed by atoms with Gasteiger partial charge in [-0.25, -0.2) is 4.98 Å². The van der Waals surface area contributed by atoms with E-state index in [9.17, 15) is 4.79 Å². The standard InChI is InChI=1S/C29H33N5O3S/c1-3-4-5-6-14-33-15-17-34(18-16-33)29-31-20-26(38-25-12-10-23(11-13-25)27(30)35)28(32-29)37-21-22-8-7-9-24(19-22)36-2/h1,7-13,19-20H,4-6,14-18,21H2,2H3,(H2,30,35). The fraction of sp³-hybridized carbons (Fsp3) is 0.345. The summed E-state index contributed by atoms with van der Waals surface area (Å²) in [6.07, 6.45) is 10.2. The number of terminal acetylenes is 1. The number of primary amides is 1. The zero-order chi connectivity index (χ0) is 26.7. The molecule has 0 bridgehead atoms. The summed E-state index contributed by atoms with van der Waals surface area (Å²) >= 11 is 1.48. The molecule has 2 aromatic carbocycles. The Morgan fingerprint density at radius 1 is 1.13 bits per heavy atom. The largest absolute Gasteiger partial charge is 0.497 e. The first kappa shape index (κ1) is 27.3. The summed E-state index contributed by atoms with van der Waals surface area (Å²) in [4.78, 5) is 27.3. The van der Waals surface area contributed by atoms with Crippen LogP contribution in [0.5, 0.6) is 11.6 Å². The van der Waals surface area contributed by atoms with Gasteiger partial charge in [0.05, 0.1) is 18.2 Å². The predicted octanol–water partition coefficient (Wildman–Crippen LogP) is 4.24. The zero-order valence-electron chi connectivity index (χ0n) is 21.6. The monoisotopic (exact) mass is 531 g/mol. The van der Waals surface area contributed by atoms with Gasteiger partial charge < -0.3 is 20.1 Å². The number of nitrogens with two attached hydrogens (primary N) is 1. The molecule has 4 rings (SSSR count). The van der Waals surface area contributed by atoms with Crippen LogP contribution in [0.3, 0.4) is 0 Å². The van der Waals surface area contributed by atoms with Crippen molar-refractivity contribution in [1.29, 1.82) is 0 Å². The molecular formula is C29H33N5O3S. The number of ether oxygens (including phenoxy) is 2. The van der Waals surface area contributed by atoms with Crippen molar-refractivity contribution >= 4 is 23.6 Å². The molecule has 1 fully saturated rings. The molecule has 3 aromatic rings. The molecule has 2 N–H and O–H groups in total. The van der Waals surface area contributed by atoms with Gasteiger partial charge in [-0.3, -0.25) is 9.69 Å². The first-order valence-corrected chi connectivity index (χ1v) is 13.5. The van der Waals surface area contributed by atoms with E-state index in [1.54, 1.807) is 19.2 Å². The molecule has 2 heterocycles. The number of benzene rings is 2. The molecule has 0 unspecified atom stereocenters. The minimum Gasteiger partial charge on any atom is -0.497 e. The van der Waals surface area contributed by atoms with Gasteiger partial charge in [-0.2, -0.15) is 4.98 Å². The smallest absolute Gasteiger partial charge is 0.248 e. The second kappa shape index (κ2) is 13.7. The maximum absolute atomic E-state index is 11.4. The number of amides is 1. The molecule has 0 spiro atoms. The molecule has 38 heavy (non-hydrogen) atoms. The maximum Gasteiger partial charge on any atom is 0.248 e. The molecule has 1 saturated heterocycles. The number of hydrogen-bond acceptors (Lipinski definition) is 8. The van der Waals surface area contributed by atoms with Crippen LogP contribution in [0.4, 0.5) is 5.95 Å². The third-order valence-electron chi connectivity index (χ3n) is 6.29. The molecule has 0 aliphatic carbocycles. The number of hydrogen-bond donors (Lipinski definition) is 1. The van der Waals surface area contributed by atoms with Crippen molar-refractivity contribution in [3.05, 3.63) is 65.9 Å². The first-order chi connectivity index (χ1) is 18.6. The van der Waals surface area contributed by atoms with Crippen LogP contribution in [0, 0.1) is 12.3 Å². The molecule has 1 amide bonds. The molecule has 0 radical (unpaired) electrons. The van der Waals surface area contributed by atoms with Gasteiger partial charge >= 0.3 is 0 Å². The van der Waals surface area contributed by atoms with Gasteiger partial charge in [0.15, 0.2) is 0 Å². The second-order valence-corrected chi connectivity index (χ2v) is 10.1. The van der Waals surface area contributed by atoms with Crippen molar-refractivity contribution in [2.24, 2.45) is 5.73 Å². The Morgan fingerprint density at radius 3 is 2.63 bits per heavy atom. The summed E-state index contributed by atoms with van der Waals surface area (Å²) in [5.41, 5.74) is 6.82. The highest BCUT2D eigenvalue weighted by molar-refractivity contribution is 7.99. The third kappa shape index (κ3) is 7.63. The number of nitrogens with zero attached hydrogens (tertiary/aromatic N) is 4. The Balaban J connectivity index is 1.48.